The molecule has 2 aromatic rings. The average molecular weight is 309 g/mol. The molecule has 0 saturated heterocycles. The highest BCUT2D eigenvalue weighted by Crippen LogP contribution is 2.23. The molecule has 4 heteroatoms. The molecule has 0 aliphatic heterocycles. The van der Waals surface area contributed by atoms with Gasteiger partial charge in [-0.2, -0.15) is 5.10 Å². The lowest BCUT2D eigenvalue weighted by Crippen LogP contribution is -2.26. The molecular formula is C18H19N3S. The molecule has 0 bridgehead atoms. The summed E-state index contributed by atoms with van der Waals surface area (Å²) in [4.78, 5) is 0. The molecule has 0 saturated carbocycles. The topological polar surface area (TPSA) is 50.4 Å². The number of nitrogens with zero attached hydrogens (tertiary/aromatic N) is 1. The quantitative estimate of drug-likeness (QED) is 0.520. The number of thiocarbonyl (C=S) groups is 1. The Labute approximate surface area is 136 Å². The number of fused-ring (bicyclic) bond motifs is 1. The summed E-state index contributed by atoms with van der Waals surface area (Å²) in [6, 6.07) is 16.7. The third kappa shape index (κ3) is 3.34. The maximum absolute atomic E-state index is 5.52. The van der Waals surface area contributed by atoms with Crippen molar-refractivity contribution >= 4 is 23.0 Å². The van der Waals surface area contributed by atoms with Crippen molar-refractivity contribution in [2.75, 3.05) is 0 Å². The molecule has 1 aliphatic rings. The second kappa shape index (κ2) is 6.71. The lowest BCUT2D eigenvalue weighted by atomic mass is 9.89. The lowest BCUT2D eigenvalue weighted by molar-refractivity contribution is 0.685. The maximum atomic E-state index is 5.52. The summed E-state index contributed by atoms with van der Waals surface area (Å²) in [6.45, 7) is 0. The van der Waals surface area contributed by atoms with Crippen molar-refractivity contribution in [1.82, 2.24) is 5.43 Å². The summed E-state index contributed by atoms with van der Waals surface area (Å²) in [5.41, 5.74) is 14.1. The molecule has 112 valence electrons. The van der Waals surface area contributed by atoms with Gasteiger partial charge in [0.2, 0.25) is 0 Å². The van der Waals surface area contributed by atoms with Crippen LogP contribution < -0.4 is 11.2 Å². The Morgan fingerprint density at radius 1 is 0.955 bits per heavy atom. The third-order valence-electron chi connectivity index (χ3n) is 3.95. The molecule has 0 aromatic heterocycles. The van der Waals surface area contributed by atoms with E-state index in [4.69, 9.17) is 18.0 Å². The van der Waals surface area contributed by atoms with Gasteiger partial charge < -0.3 is 5.73 Å². The van der Waals surface area contributed by atoms with Crippen molar-refractivity contribution in [2.45, 2.75) is 25.7 Å². The van der Waals surface area contributed by atoms with E-state index in [1.807, 2.05) is 30.3 Å². The summed E-state index contributed by atoms with van der Waals surface area (Å²) in [7, 11) is 0. The average Bonchev–Trinajstić information content (AvgIpc) is 2.55. The first-order chi connectivity index (χ1) is 10.7. The van der Waals surface area contributed by atoms with Crippen LogP contribution in [0.2, 0.25) is 0 Å². The van der Waals surface area contributed by atoms with Crippen LogP contribution in [0.15, 0.2) is 53.6 Å². The minimum atomic E-state index is 0.173. The molecule has 22 heavy (non-hydrogen) atoms. The zero-order valence-corrected chi connectivity index (χ0v) is 13.2. The van der Waals surface area contributed by atoms with Gasteiger partial charge in [-0.25, -0.2) is 0 Å². The van der Waals surface area contributed by atoms with Crippen LogP contribution in [-0.4, -0.2) is 10.8 Å². The lowest BCUT2D eigenvalue weighted by Gasteiger charge is -2.17. The molecule has 0 radical (unpaired) electrons. The highest BCUT2D eigenvalue weighted by atomic mass is 32.1. The Morgan fingerprint density at radius 3 is 2.41 bits per heavy atom. The smallest absolute Gasteiger partial charge is 0.184 e. The van der Waals surface area contributed by atoms with Gasteiger partial charge in [-0.05, 0) is 55.1 Å². The number of hydrogen-bond acceptors (Lipinski definition) is 2. The molecule has 0 heterocycles. The number of aryl methyl sites for hydroxylation is 2. The van der Waals surface area contributed by atoms with Crippen LogP contribution in [0.5, 0.6) is 0 Å². The molecule has 3 nitrogen and oxygen atoms in total. The molecule has 3 rings (SSSR count). The van der Waals surface area contributed by atoms with Gasteiger partial charge >= 0.3 is 0 Å². The second-order valence-corrected chi connectivity index (χ2v) is 5.93. The number of nitrogens with one attached hydrogen (secondary N) is 1. The van der Waals surface area contributed by atoms with E-state index >= 15 is 0 Å². The molecule has 3 N–H and O–H groups in total. The molecule has 2 aromatic carbocycles. The van der Waals surface area contributed by atoms with Crippen LogP contribution in [0, 0.1) is 0 Å². The van der Waals surface area contributed by atoms with Gasteiger partial charge in [0.25, 0.3) is 0 Å². The number of hydrazone groups is 1. The summed E-state index contributed by atoms with van der Waals surface area (Å²) in [5.74, 6) is 0. The van der Waals surface area contributed by atoms with Gasteiger partial charge in [0.15, 0.2) is 5.11 Å². The van der Waals surface area contributed by atoms with E-state index in [0.717, 1.165) is 23.3 Å². The van der Waals surface area contributed by atoms with Crippen molar-refractivity contribution in [3.63, 3.8) is 0 Å². The predicted molar refractivity (Wildman–Crippen MR) is 95.1 cm³/mol. The van der Waals surface area contributed by atoms with Crippen molar-refractivity contribution in [1.29, 1.82) is 0 Å². The number of nitrogens with two attached hydrogens (primary N) is 1. The molecular weight excluding hydrogens is 290 g/mol. The van der Waals surface area contributed by atoms with E-state index in [9.17, 15) is 0 Å². The van der Waals surface area contributed by atoms with Gasteiger partial charge in [-0.15, -0.1) is 0 Å². The third-order valence-corrected chi connectivity index (χ3v) is 4.04. The molecule has 0 spiro atoms. The Hall–Kier alpha value is -2.20. The maximum Gasteiger partial charge on any atom is 0.184 e. The fourth-order valence-electron chi connectivity index (χ4n) is 2.88. The Balaban J connectivity index is 2.02. The van der Waals surface area contributed by atoms with Gasteiger partial charge in [-0.1, -0.05) is 42.5 Å². The van der Waals surface area contributed by atoms with E-state index in [1.54, 1.807) is 0 Å². The van der Waals surface area contributed by atoms with Crippen molar-refractivity contribution in [3.05, 3.63) is 70.8 Å². The number of benzene rings is 2. The van der Waals surface area contributed by atoms with E-state index < -0.39 is 0 Å². The zero-order chi connectivity index (χ0) is 15.4. The van der Waals surface area contributed by atoms with Gasteiger partial charge in [0.05, 0.1) is 5.71 Å². The molecule has 0 unspecified atom stereocenters. The second-order valence-electron chi connectivity index (χ2n) is 5.49. The minimum Gasteiger partial charge on any atom is -0.375 e. The van der Waals surface area contributed by atoms with E-state index in [-0.39, 0.29) is 5.11 Å². The van der Waals surface area contributed by atoms with E-state index in [0.29, 0.717) is 0 Å². The normalized spacial score (nSPS) is 14.3. The highest BCUT2D eigenvalue weighted by molar-refractivity contribution is 7.80. The van der Waals surface area contributed by atoms with Crippen molar-refractivity contribution < 1.29 is 0 Å². The van der Waals surface area contributed by atoms with Crippen LogP contribution in [0.4, 0.5) is 0 Å². The first-order valence-electron chi connectivity index (χ1n) is 7.55. The standard InChI is InChI=1S/C18H19N3S/c19-18(22)21-20-17(14-7-2-1-3-8-14)16-11-10-13-6-4-5-9-15(13)12-16/h1-3,7-8,10-12H,4-6,9H2,(H3,19,21,22)/b20-17+. The number of rotatable bonds is 3. The van der Waals surface area contributed by atoms with Crippen LogP contribution in [-0.2, 0) is 12.8 Å². The van der Waals surface area contributed by atoms with E-state index in [1.165, 1.54) is 30.4 Å². The largest absolute Gasteiger partial charge is 0.375 e. The molecule has 0 atom stereocenters. The minimum absolute atomic E-state index is 0.173. The van der Waals surface area contributed by atoms with Gasteiger partial charge in [-0.3, -0.25) is 5.43 Å². The first-order valence-corrected chi connectivity index (χ1v) is 7.95. The first kappa shape index (κ1) is 14.7. The van der Waals surface area contributed by atoms with Crippen molar-refractivity contribution in [3.8, 4) is 0 Å². The summed E-state index contributed by atoms with van der Waals surface area (Å²) < 4.78 is 0. The Bertz CT molecular complexity index is 708. The van der Waals surface area contributed by atoms with E-state index in [2.05, 4.69) is 28.7 Å². The summed E-state index contributed by atoms with van der Waals surface area (Å²) in [6.07, 6.45) is 4.88. The summed E-state index contributed by atoms with van der Waals surface area (Å²) >= 11 is 4.87. The highest BCUT2D eigenvalue weighted by Gasteiger charge is 2.13. The molecule has 0 amide bonds. The Morgan fingerprint density at radius 2 is 1.68 bits per heavy atom. The molecule has 1 aliphatic carbocycles. The SMILES string of the molecule is NC(=S)N/N=C(\c1ccccc1)c1ccc2c(c1)CCCC2. The monoisotopic (exact) mass is 309 g/mol. The Kier molecular flexibility index (Phi) is 4.49. The van der Waals surface area contributed by atoms with Crippen LogP contribution in [0.1, 0.15) is 35.1 Å². The van der Waals surface area contributed by atoms with Crippen LogP contribution in [0.3, 0.4) is 0 Å². The van der Waals surface area contributed by atoms with Crippen molar-refractivity contribution in [2.24, 2.45) is 10.8 Å². The van der Waals surface area contributed by atoms with Crippen LogP contribution >= 0.6 is 12.2 Å². The fourth-order valence-corrected chi connectivity index (χ4v) is 2.93. The van der Waals surface area contributed by atoms with Crippen LogP contribution in [0.25, 0.3) is 0 Å². The fraction of sp³-hybridized carbons (Fsp3) is 0.222. The van der Waals surface area contributed by atoms with Gasteiger partial charge in [0.1, 0.15) is 0 Å². The zero-order valence-electron chi connectivity index (χ0n) is 12.4. The van der Waals surface area contributed by atoms with Gasteiger partial charge in [0, 0.05) is 11.1 Å². The molecule has 0 fully saturated rings. The predicted octanol–water partition coefficient (Wildman–Crippen LogP) is 3.15. The number of hydrogen-bond donors (Lipinski definition) is 2. The summed E-state index contributed by atoms with van der Waals surface area (Å²) in [5, 5.41) is 4.59.